The van der Waals surface area contributed by atoms with E-state index in [1.807, 2.05) is 25.1 Å². The molecular formula is C14H24Cl2FN3O. The molecule has 0 heterocycles. The number of amides is 1. The van der Waals surface area contributed by atoms with Gasteiger partial charge in [-0.3, -0.25) is 4.79 Å². The second-order valence-electron chi connectivity index (χ2n) is 4.73. The Kier molecular flexibility index (Phi) is 12.5. The van der Waals surface area contributed by atoms with Crippen LogP contribution < -0.4 is 11.1 Å². The summed E-state index contributed by atoms with van der Waals surface area (Å²) in [5.74, 6) is -0.285. The molecule has 0 aliphatic rings. The SMILES string of the molecule is CN(C)C(CNC(=O)CCCN)c1cccc(F)c1.Cl.Cl. The molecule has 1 atom stereocenters. The first-order chi connectivity index (χ1) is 9.04. The summed E-state index contributed by atoms with van der Waals surface area (Å²) in [5, 5.41) is 2.86. The summed E-state index contributed by atoms with van der Waals surface area (Å²) in [5.41, 5.74) is 6.21. The molecule has 122 valence electrons. The Bertz CT molecular complexity index is 419. The van der Waals surface area contributed by atoms with Crippen LogP contribution in [0.2, 0.25) is 0 Å². The zero-order chi connectivity index (χ0) is 14.3. The van der Waals surface area contributed by atoms with Gasteiger partial charge in [0.05, 0.1) is 6.04 Å². The van der Waals surface area contributed by atoms with Gasteiger partial charge in [-0.05, 0) is 44.8 Å². The highest BCUT2D eigenvalue weighted by atomic mass is 35.5. The molecule has 1 unspecified atom stereocenters. The Morgan fingerprint density at radius 1 is 1.38 bits per heavy atom. The third kappa shape index (κ3) is 8.21. The fraction of sp³-hybridized carbons (Fsp3) is 0.500. The van der Waals surface area contributed by atoms with E-state index < -0.39 is 0 Å². The lowest BCUT2D eigenvalue weighted by Crippen LogP contribution is -2.34. The molecule has 0 saturated carbocycles. The van der Waals surface area contributed by atoms with Gasteiger partial charge in [0.15, 0.2) is 0 Å². The van der Waals surface area contributed by atoms with Crippen LogP contribution in [0.5, 0.6) is 0 Å². The molecule has 0 aliphatic heterocycles. The number of rotatable bonds is 7. The van der Waals surface area contributed by atoms with Gasteiger partial charge in [-0.1, -0.05) is 12.1 Å². The van der Waals surface area contributed by atoms with E-state index in [0.29, 0.717) is 25.9 Å². The molecule has 0 radical (unpaired) electrons. The van der Waals surface area contributed by atoms with Crippen molar-refractivity contribution in [2.24, 2.45) is 5.73 Å². The Hall–Kier alpha value is -0.880. The molecule has 21 heavy (non-hydrogen) atoms. The number of nitrogens with two attached hydrogens (primary N) is 1. The minimum Gasteiger partial charge on any atom is -0.354 e. The standard InChI is InChI=1S/C14H22FN3O.2ClH/c1-18(2)13(10-17-14(19)7-4-8-16)11-5-3-6-12(15)9-11;;/h3,5-6,9,13H,4,7-8,10,16H2,1-2H3,(H,17,19);2*1H. The van der Waals surface area contributed by atoms with Gasteiger partial charge < -0.3 is 16.0 Å². The van der Waals surface area contributed by atoms with Crippen LogP contribution in [-0.2, 0) is 4.79 Å². The number of carbonyl (C=O) groups excluding carboxylic acids is 1. The molecule has 0 spiro atoms. The molecule has 0 aromatic heterocycles. The first-order valence-corrected chi connectivity index (χ1v) is 6.43. The first kappa shape index (κ1) is 22.4. The minimum atomic E-state index is -0.265. The van der Waals surface area contributed by atoms with E-state index in [4.69, 9.17) is 5.73 Å². The average Bonchev–Trinajstić information content (AvgIpc) is 2.36. The normalized spacial score (nSPS) is 11.3. The predicted molar refractivity (Wildman–Crippen MR) is 88.6 cm³/mol. The van der Waals surface area contributed by atoms with Crippen molar-refractivity contribution in [1.82, 2.24) is 10.2 Å². The second kappa shape index (κ2) is 11.7. The van der Waals surface area contributed by atoms with Gasteiger partial charge >= 0.3 is 0 Å². The van der Waals surface area contributed by atoms with Crippen molar-refractivity contribution < 1.29 is 9.18 Å². The molecule has 1 rings (SSSR count). The van der Waals surface area contributed by atoms with Gasteiger partial charge in [-0.25, -0.2) is 4.39 Å². The van der Waals surface area contributed by atoms with E-state index in [1.165, 1.54) is 12.1 Å². The number of hydrogen-bond donors (Lipinski definition) is 2. The summed E-state index contributed by atoms with van der Waals surface area (Å²) in [6.45, 7) is 0.967. The maximum Gasteiger partial charge on any atom is 0.220 e. The van der Waals surface area contributed by atoms with E-state index in [-0.39, 0.29) is 42.6 Å². The van der Waals surface area contributed by atoms with Gasteiger partial charge in [-0.15, -0.1) is 24.8 Å². The van der Waals surface area contributed by atoms with Crippen LogP contribution in [0, 0.1) is 5.82 Å². The first-order valence-electron chi connectivity index (χ1n) is 6.43. The Balaban J connectivity index is 0. The summed E-state index contributed by atoms with van der Waals surface area (Å²) in [6, 6.07) is 6.40. The lowest BCUT2D eigenvalue weighted by atomic mass is 10.1. The van der Waals surface area contributed by atoms with E-state index in [9.17, 15) is 9.18 Å². The summed E-state index contributed by atoms with van der Waals surface area (Å²) < 4.78 is 13.2. The van der Waals surface area contributed by atoms with Crippen LogP contribution >= 0.6 is 24.8 Å². The molecule has 1 aromatic rings. The summed E-state index contributed by atoms with van der Waals surface area (Å²) >= 11 is 0. The third-order valence-corrected chi connectivity index (χ3v) is 2.96. The minimum absolute atomic E-state index is 0. The summed E-state index contributed by atoms with van der Waals surface area (Å²) in [4.78, 5) is 13.5. The molecule has 0 fully saturated rings. The lowest BCUT2D eigenvalue weighted by molar-refractivity contribution is -0.121. The Morgan fingerprint density at radius 3 is 2.57 bits per heavy atom. The van der Waals surface area contributed by atoms with Crippen molar-refractivity contribution in [3.8, 4) is 0 Å². The van der Waals surface area contributed by atoms with Crippen molar-refractivity contribution in [3.05, 3.63) is 35.6 Å². The maximum atomic E-state index is 13.2. The quantitative estimate of drug-likeness (QED) is 0.799. The molecule has 1 amide bonds. The molecule has 0 bridgehead atoms. The van der Waals surface area contributed by atoms with Crippen LogP contribution in [0.15, 0.2) is 24.3 Å². The van der Waals surface area contributed by atoms with Gasteiger partial charge in [0.25, 0.3) is 0 Å². The number of hydrogen-bond acceptors (Lipinski definition) is 3. The largest absolute Gasteiger partial charge is 0.354 e. The third-order valence-electron chi connectivity index (χ3n) is 2.96. The van der Waals surface area contributed by atoms with Gasteiger partial charge in [0.2, 0.25) is 5.91 Å². The van der Waals surface area contributed by atoms with Crippen molar-refractivity contribution >= 4 is 30.7 Å². The smallest absolute Gasteiger partial charge is 0.220 e. The number of benzene rings is 1. The fourth-order valence-corrected chi connectivity index (χ4v) is 1.87. The van der Waals surface area contributed by atoms with E-state index in [2.05, 4.69) is 5.32 Å². The Morgan fingerprint density at radius 2 is 2.05 bits per heavy atom. The Labute approximate surface area is 138 Å². The molecule has 1 aromatic carbocycles. The van der Waals surface area contributed by atoms with E-state index in [1.54, 1.807) is 6.07 Å². The van der Waals surface area contributed by atoms with Crippen molar-refractivity contribution in [1.29, 1.82) is 0 Å². The van der Waals surface area contributed by atoms with Gasteiger partial charge in [0.1, 0.15) is 5.82 Å². The van der Waals surface area contributed by atoms with Crippen molar-refractivity contribution in [3.63, 3.8) is 0 Å². The fourth-order valence-electron chi connectivity index (χ4n) is 1.87. The van der Waals surface area contributed by atoms with Crippen molar-refractivity contribution in [2.75, 3.05) is 27.2 Å². The molecule has 7 heteroatoms. The summed E-state index contributed by atoms with van der Waals surface area (Å²) in [6.07, 6.45) is 1.11. The molecular weight excluding hydrogens is 316 g/mol. The topological polar surface area (TPSA) is 58.4 Å². The van der Waals surface area contributed by atoms with Crippen LogP contribution in [0.4, 0.5) is 4.39 Å². The molecule has 0 saturated heterocycles. The van der Waals surface area contributed by atoms with Crippen LogP contribution in [0.3, 0.4) is 0 Å². The number of likely N-dealkylation sites (N-methyl/N-ethyl adjacent to an activating group) is 1. The number of halogens is 3. The van der Waals surface area contributed by atoms with Crippen LogP contribution in [-0.4, -0.2) is 38.0 Å². The van der Waals surface area contributed by atoms with Crippen molar-refractivity contribution in [2.45, 2.75) is 18.9 Å². The zero-order valence-electron chi connectivity index (χ0n) is 12.3. The zero-order valence-corrected chi connectivity index (χ0v) is 14.0. The van der Waals surface area contributed by atoms with Crippen LogP contribution in [0.1, 0.15) is 24.4 Å². The van der Waals surface area contributed by atoms with Gasteiger partial charge in [0, 0.05) is 13.0 Å². The number of nitrogens with zero attached hydrogens (tertiary/aromatic N) is 1. The van der Waals surface area contributed by atoms with Crippen LogP contribution in [0.25, 0.3) is 0 Å². The number of nitrogens with one attached hydrogen (secondary N) is 1. The number of carbonyl (C=O) groups is 1. The lowest BCUT2D eigenvalue weighted by Gasteiger charge is -2.25. The maximum absolute atomic E-state index is 13.2. The second-order valence-corrected chi connectivity index (χ2v) is 4.73. The highest BCUT2D eigenvalue weighted by Gasteiger charge is 2.15. The van der Waals surface area contributed by atoms with Gasteiger partial charge in [-0.2, -0.15) is 0 Å². The average molecular weight is 340 g/mol. The highest BCUT2D eigenvalue weighted by Crippen LogP contribution is 2.18. The predicted octanol–water partition coefficient (Wildman–Crippen LogP) is 2.13. The molecule has 0 aliphatic carbocycles. The molecule has 3 N–H and O–H groups in total. The van der Waals surface area contributed by atoms with E-state index in [0.717, 1.165) is 5.56 Å². The summed E-state index contributed by atoms with van der Waals surface area (Å²) in [7, 11) is 3.81. The monoisotopic (exact) mass is 339 g/mol. The molecule has 4 nitrogen and oxygen atoms in total. The van der Waals surface area contributed by atoms with E-state index >= 15 is 0 Å². The highest BCUT2D eigenvalue weighted by molar-refractivity contribution is 5.85.